The third-order valence-corrected chi connectivity index (χ3v) is 3.52. The molecule has 3 N–H and O–H groups in total. The van der Waals surface area contributed by atoms with E-state index in [9.17, 15) is 10.2 Å². The summed E-state index contributed by atoms with van der Waals surface area (Å²) in [5.41, 5.74) is 0.893. The summed E-state index contributed by atoms with van der Waals surface area (Å²) in [6, 6.07) is 14.0. The average Bonchev–Trinajstić information content (AvgIpc) is 2.43. The van der Waals surface area contributed by atoms with Crippen LogP contribution in [0.3, 0.4) is 0 Å². The molecule has 2 aromatic carbocycles. The Morgan fingerprint density at radius 2 is 1.68 bits per heavy atom. The van der Waals surface area contributed by atoms with E-state index in [-0.39, 0.29) is 6.04 Å². The molecule has 0 amide bonds. The van der Waals surface area contributed by atoms with Gasteiger partial charge in [-0.2, -0.15) is 0 Å². The fourth-order valence-corrected chi connectivity index (χ4v) is 2.00. The average molecular weight is 259 g/mol. The molecule has 0 aromatic heterocycles. The van der Waals surface area contributed by atoms with Gasteiger partial charge in [-0.15, -0.1) is 0 Å². The SMILES string of the molecule is C[C@H](O)[C@H](C)NC[C@@H](O)c1ccc2ccccc2c1. The molecule has 3 heteroatoms. The summed E-state index contributed by atoms with van der Waals surface area (Å²) >= 11 is 0. The van der Waals surface area contributed by atoms with Crippen LogP contribution in [0.4, 0.5) is 0 Å². The van der Waals surface area contributed by atoms with Crippen LogP contribution in [0.5, 0.6) is 0 Å². The third-order valence-electron chi connectivity index (χ3n) is 3.52. The van der Waals surface area contributed by atoms with E-state index in [1.54, 1.807) is 6.92 Å². The van der Waals surface area contributed by atoms with Crippen LogP contribution in [-0.2, 0) is 0 Å². The minimum Gasteiger partial charge on any atom is -0.392 e. The van der Waals surface area contributed by atoms with Crippen molar-refractivity contribution < 1.29 is 10.2 Å². The lowest BCUT2D eigenvalue weighted by atomic mass is 10.0. The number of fused-ring (bicyclic) bond motifs is 1. The van der Waals surface area contributed by atoms with Crippen molar-refractivity contribution in [1.82, 2.24) is 5.32 Å². The minimum atomic E-state index is -0.564. The van der Waals surface area contributed by atoms with Gasteiger partial charge in [0.2, 0.25) is 0 Å². The summed E-state index contributed by atoms with van der Waals surface area (Å²) in [6.45, 7) is 4.07. The molecule has 0 radical (unpaired) electrons. The van der Waals surface area contributed by atoms with E-state index in [0.29, 0.717) is 6.54 Å². The van der Waals surface area contributed by atoms with Gasteiger partial charge in [0.25, 0.3) is 0 Å². The van der Waals surface area contributed by atoms with E-state index < -0.39 is 12.2 Å². The minimum absolute atomic E-state index is 0.0323. The molecule has 0 aliphatic heterocycles. The lowest BCUT2D eigenvalue weighted by Crippen LogP contribution is -2.37. The fraction of sp³-hybridized carbons (Fsp3) is 0.375. The molecule has 0 bridgehead atoms. The standard InChI is InChI=1S/C16H21NO2/c1-11(12(2)18)17-10-16(19)15-8-7-13-5-3-4-6-14(13)9-15/h3-9,11-12,16-19H,10H2,1-2H3/t11-,12-,16+/m0/s1. The molecule has 0 aliphatic carbocycles. The normalized spacial score (nSPS) is 16.2. The lowest BCUT2D eigenvalue weighted by molar-refractivity contribution is 0.128. The largest absolute Gasteiger partial charge is 0.392 e. The van der Waals surface area contributed by atoms with Crippen molar-refractivity contribution in [2.45, 2.75) is 32.1 Å². The molecule has 0 fully saturated rings. The summed E-state index contributed by atoms with van der Waals surface area (Å²) in [4.78, 5) is 0. The lowest BCUT2D eigenvalue weighted by Gasteiger charge is -2.19. The quantitative estimate of drug-likeness (QED) is 0.772. The Balaban J connectivity index is 2.06. The molecular formula is C16H21NO2. The highest BCUT2D eigenvalue weighted by atomic mass is 16.3. The first kappa shape index (κ1) is 14.0. The first-order valence-corrected chi connectivity index (χ1v) is 6.66. The number of hydrogen-bond donors (Lipinski definition) is 3. The fourth-order valence-electron chi connectivity index (χ4n) is 2.00. The van der Waals surface area contributed by atoms with E-state index in [4.69, 9.17) is 0 Å². The molecule has 3 nitrogen and oxygen atoms in total. The molecule has 0 saturated heterocycles. The predicted octanol–water partition coefficient (Wildman–Crippen LogP) is 2.23. The monoisotopic (exact) mass is 259 g/mol. The first-order valence-electron chi connectivity index (χ1n) is 6.66. The van der Waals surface area contributed by atoms with Crippen molar-refractivity contribution >= 4 is 10.8 Å². The van der Waals surface area contributed by atoms with Gasteiger partial charge < -0.3 is 15.5 Å². The van der Waals surface area contributed by atoms with Gasteiger partial charge in [0, 0.05) is 12.6 Å². The van der Waals surface area contributed by atoms with E-state index >= 15 is 0 Å². The number of nitrogens with one attached hydrogen (secondary N) is 1. The van der Waals surface area contributed by atoms with Crippen molar-refractivity contribution in [3.63, 3.8) is 0 Å². The van der Waals surface area contributed by atoms with Gasteiger partial charge in [-0.1, -0.05) is 36.4 Å². The van der Waals surface area contributed by atoms with Crippen LogP contribution in [0, 0.1) is 0 Å². The van der Waals surface area contributed by atoms with Gasteiger partial charge in [-0.05, 0) is 36.2 Å². The second-order valence-electron chi connectivity index (χ2n) is 5.06. The van der Waals surface area contributed by atoms with E-state index in [1.807, 2.05) is 43.3 Å². The van der Waals surface area contributed by atoms with Crippen LogP contribution >= 0.6 is 0 Å². The van der Waals surface area contributed by atoms with Crippen LogP contribution in [0.15, 0.2) is 42.5 Å². The van der Waals surface area contributed by atoms with Crippen molar-refractivity contribution in [1.29, 1.82) is 0 Å². The topological polar surface area (TPSA) is 52.5 Å². The maximum atomic E-state index is 10.2. The Bertz CT molecular complexity index is 539. The highest BCUT2D eigenvalue weighted by Gasteiger charge is 2.12. The van der Waals surface area contributed by atoms with Crippen molar-refractivity contribution in [3.8, 4) is 0 Å². The molecule has 2 rings (SSSR count). The Morgan fingerprint density at radius 1 is 1.00 bits per heavy atom. The number of rotatable bonds is 5. The van der Waals surface area contributed by atoms with Gasteiger partial charge in [-0.3, -0.25) is 0 Å². The van der Waals surface area contributed by atoms with E-state index in [1.165, 1.54) is 5.39 Å². The van der Waals surface area contributed by atoms with Gasteiger partial charge in [0.15, 0.2) is 0 Å². The van der Waals surface area contributed by atoms with Gasteiger partial charge >= 0.3 is 0 Å². The van der Waals surface area contributed by atoms with Crippen LogP contribution < -0.4 is 5.32 Å². The zero-order valence-corrected chi connectivity index (χ0v) is 11.4. The molecule has 3 atom stereocenters. The highest BCUT2D eigenvalue weighted by Crippen LogP contribution is 2.20. The summed E-state index contributed by atoms with van der Waals surface area (Å²) in [5, 5.41) is 25.0. The van der Waals surface area contributed by atoms with Gasteiger partial charge in [0.1, 0.15) is 0 Å². The first-order chi connectivity index (χ1) is 9.08. The molecule has 0 saturated carbocycles. The number of aliphatic hydroxyl groups is 2. The molecule has 2 aromatic rings. The Kier molecular flexibility index (Phi) is 4.53. The van der Waals surface area contributed by atoms with Crippen LogP contribution in [-0.4, -0.2) is 28.9 Å². The van der Waals surface area contributed by atoms with Crippen LogP contribution in [0.1, 0.15) is 25.5 Å². The van der Waals surface area contributed by atoms with Gasteiger partial charge in [-0.25, -0.2) is 0 Å². The van der Waals surface area contributed by atoms with Crippen molar-refractivity contribution in [2.75, 3.05) is 6.54 Å². The summed E-state index contributed by atoms with van der Waals surface area (Å²) in [6.07, 6.45) is -0.991. The number of hydrogen-bond acceptors (Lipinski definition) is 3. The van der Waals surface area contributed by atoms with Gasteiger partial charge in [0.05, 0.1) is 12.2 Å². The highest BCUT2D eigenvalue weighted by molar-refractivity contribution is 5.83. The summed E-state index contributed by atoms with van der Waals surface area (Å²) in [7, 11) is 0. The van der Waals surface area contributed by atoms with Crippen molar-refractivity contribution in [3.05, 3.63) is 48.0 Å². The summed E-state index contributed by atoms with van der Waals surface area (Å²) in [5.74, 6) is 0. The predicted molar refractivity (Wildman–Crippen MR) is 78.1 cm³/mol. The summed E-state index contributed by atoms with van der Waals surface area (Å²) < 4.78 is 0. The third kappa shape index (κ3) is 3.53. The van der Waals surface area contributed by atoms with Crippen LogP contribution in [0.2, 0.25) is 0 Å². The second kappa shape index (κ2) is 6.15. The molecule has 19 heavy (non-hydrogen) atoms. The van der Waals surface area contributed by atoms with E-state index in [0.717, 1.165) is 10.9 Å². The molecule has 0 aliphatic rings. The van der Waals surface area contributed by atoms with Crippen molar-refractivity contribution in [2.24, 2.45) is 0 Å². The maximum absolute atomic E-state index is 10.2. The Labute approximate surface area is 113 Å². The van der Waals surface area contributed by atoms with Crippen LogP contribution in [0.25, 0.3) is 10.8 Å². The zero-order valence-electron chi connectivity index (χ0n) is 11.4. The molecule has 0 unspecified atom stereocenters. The molecule has 0 spiro atoms. The Morgan fingerprint density at radius 3 is 2.37 bits per heavy atom. The smallest absolute Gasteiger partial charge is 0.0914 e. The zero-order chi connectivity index (χ0) is 13.8. The maximum Gasteiger partial charge on any atom is 0.0914 e. The van der Waals surface area contributed by atoms with E-state index in [2.05, 4.69) is 11.4 Å². The number of aliphatic hydroxyl groups excluding tert-OH is 2. The molecule has 102 valence electrons. The second-order valence-corrected chi connectivity index (χ2v) is 5.06. The number of benzene rings is 2. The Hall–Kier alpha value is -1.42. The molecular weight excluding hydrogens is 238 g/mol. The molecule has 0 heterocycles.